The van der Waals surface area contributed by atoms with Crippen LogP contribution in [-0.2, 0) is 7.05 Å². The standard InChI is InChI=1S/C11H8ClF2NO/c1-15-6-8(10(16)11(12,13)14)7-4-2-3-5-9(7)15/h2-6H,1H3. The highest BCUT2D eigenvalue weighted by atomic mass is 35.5. The van der Waals surface area contributed by atoms with Gasteiger partial charge in [0.2, 0.25) is 5.78 Å². The number of alkyl halides is 3. The van der Waals surface area contributed by atoms with Crippen molar-refractivity contribution in [1.82, 2.24) is 4.57 Å². The molecule has 1 heterocycles. The first-order chi connectivity index (χ1) is 7.41. The fourth-order valence-electron chi connectivity index (χ4n) is 1.68. The van der Waals surface area contributed by atoms with Crippen molar-refractivity contribution in [3.8, 4) is 0 Å². The van der Waals surface area contributed by atoms with Crippen LogP contribution in [0.1, 0.15) is 10.4 Å². The molecule has 5 heteroatoms. The summed E-state index contributed by atoms with van der Waals surface area (Å²) >= 11 is 4.74. The van der Waals surface area contributed by atoms with Crippen LogP contribution in [0.5, 0.6) is 0 Å². The van der Waals surface area contributed by atoms with E-state index < -0.39 is 11.2 Å². The molecule has 1 aromatic carbocycles. The van der Waals surface area contributed by atoms with Crippen molar-refractivity contribution in [3.05, 3.63) is 36.0 Å². The Morgan fingerprint density at radius 2 is 2.00 bits per heavy atom. The Morgan fingerprint density at radius 1 is 1.38 bits per heavy atom. The number of halogens is 3. The maximum atomic E-state index is 12.7. The van der Waals surface area contributed by atoms with E-state index in [-0.39, 0.29) is 5.56 Å². The van der Waals surface area contributed by atoms with Gasteiger partial charge in [0.1, 0.15) is 0 Å². The highest BCUT2D eigenvalue weighted by Crippen LogP contribution is 2.29. The molecule has 0 aliphatic carbocycles. The van der Waals surface area contributed by atoms with Gasteiger partial charge in [-0.05, 0) is 17.7 Å². The zero-order valence-electron chi connectivity index (χ0n) is 8.38. The first-order valence-corrected chi connectivity index (χ1v) is 4.94. The predicted octanol–water partition coefficient (Wildman–Crippen LogP) is 3.19. The van der Waals surface area contributed by atoms with Crippen molar-refractivity contribution in [3.63, 3.8) is 0 Å². The van der Waals surface area contributed by atoms with Gasteiger partial charge >= 0.3 is 5.38 Å². The van der Waals surface area contributed by atoms with E-state index in [0.29, 0.717) is 10.9 Å². The normalized spacial score (nSPS) is 12.0. The first-order valence-electron chi connectivity index (χ1n) is 4.57. The molecule has 0 aliphatic rings. The maximum Gasteiger partial charge on any atom is 0.385 e. The number of rotatable bonds is 2. The summed E-state index contributed by atoms with van der Waals surface area (Å²) in [4.78, 5) is 11.4. The highest BCUT2D eigenvalue weighted by molar-refractivity contribution is 6.36. The first kappa shape index (κ1) is 11.1. The van der Waals surface area contributed by atoms with Gasteiger partial charge in [0, 0.05) is 24.1 Å². The van der Waals surface area contributed by atoms with E-state index in [1.165, 1.54) is 6.20 Å². The Morgan fingerprint density at radius 3 is 2.62 bits per heavy atom. The molecule has 0 unspecified atom stereocenters. The Bertz CT molecular complexity index is 557. The third kappa shape index (κ3) is 1.69. The van der Waals surface area contributed by atoms with E-state index >= 15 is 0 Å². The minimum absolute atomic E-state index is 0.0573. The Labute approximate surface area is 95.4 Å². The Hall–Kier alpha value is -1.42. The van der Waals surface area contributed by atoms with Gasteiger partial charge in [0.15, 0.2) is 0 Å². The van der Waals surface area contributed by atoms with E-state index in [2.05, 4.69) is 0 Å². The summed E-state index contributed by atoms with van der Waals surface area (Å²) in [5.74, 6) is -1.37. The van der Waals surface area contributed by atoms with Crippen LogP contribution in [0.4, 0.5) is 8.78 Å². The van der Waals surface area contributed by atoms with Crippen molar-refractivity contribution in [1.29, 1.82) is 0 Å². The smallest absolute Gasteiger partial charge is 0.350 e. The summed E-state index contributed by atoms with van der Waals surface area (Å²) in [7, 11) is 1.69. The van der Waals surface area contributed by atoms with Gasteiger partial charge in [-0.1, -0.05) is 18.2 Å². The van der Waals surface area contributed by atoms with E-state index in [0.717, 1.165) is 0 Å². The average molecular weight is 244 g/mol. The second-order valence-corrected chi connectivity index (χ2v) is 3.97. The molecular weight excluding hydrogens is 236 g/mol. The number of fused-ring (bicyclic) bond motifs is 1. The summed E-state index contributed by atoms with van der Waals surface area (Å²) in [6.07, 6.45) is 1.36. The number of carbonyl (C=O) groups is 1. The fraction of sp³-hybridized carbons (Fsp3) is 0.182. The summed E-state index contributed by atoms with van der Waals surface area (Å²) in [5, 5.41) is -3.38. The molecular formula is C11H8ClF2NO. The van der Waals surface area contributed by atoms with Crippen LogP contribution in [0, 0.1) is 0 Å². The van der Waals surface area contributed by atoms with Crippen molar-refractivity contribution in [2.75, 3.05) is 0 Å². The molecule has 0 radical (unpaired) electrons. The van der Waals surface area contributed by atoms with Crippen molar-refractivity contribution in [2.45, 2.75) is 5.38 Å². The van der Waals surface area contributed by atoms with Gasteiger partial charge in [-0.25, -0.2) is 0 Å². The zero-order valence-corrected chi connectivity index (χ0v) is 9.13. The molecule has 2 nitrogen and oxygen atoms in total. The van der Waals surface area contributed by atoms with Gasteiger partial charge in [-0.2, -0.15) is 8.78 Å². The number of ketones is 1. The van der Waals surface area contributed by atoms with Crippen LogP contribution in [-0.4, -0.2) is 15.7 Å². The molecule has 0 bridgehead atoms. The van der Waals surface area contributed by atoms with Crippen molar-refractivity contribution < 1.29 is 13.6 Å². The van der Waals surface area contributed by atoms with Crippen LogP contribution >= 0.6 is 11.6 Å². The number of carbonyl (C=O) groups excluding carboxylic acids is 1. The van der Waals surface area contributed by atoms with Crippen LogP contribution in [0.3, 0.4) is 0 Å². The van der Waals surface area contributed by atoms with Gasteiger partial charge in [-0.15, -0.1) is 0 Å². The van der Waals surface area contributed by atoms with Gasteiger partial charge < -0.3 is 4.57 Å². The monoisotopic (exact) mass is 243 g/mol. The second-order valence-electron chi connectivity index (χ2n) is 3.50. The molecule has 0 saturated heterocycles. The van der Waals surface area contributed by atoms with Gasteiger partial charge in [0.25, 0.3) is 0 Å². The number of para-hydroxylation sites is 1. The van der Waals surface area contributed by atoms with E-state index in [9.17, 15) is 13.6 Å². The zero-order chi connectivity index (χ0) is 11.9. The van der Waals surface area contributed by atoms with Crippen molar-refractivity contribution in [2.24, 2.45) is 7.05 Å². The SMILES string of the molecule is Cn1cc(C(=O)C(F)(F)Cl)c2ccccc21. The second kappa shape index (κ2) is 3.56. The lowest BCUT2D eigenvalue weighted by molar-refractivity contribution is 0.0538. The number of hydrogen-bond donors (Lipinski definition) is 0. The van der Waals surface area contributed by atoms with E-state index in [4.69, 9.17) is 11.6 Å². The molecule has 2 rings (SSSR count). The predicted molar refractivity (Wildman–Crippen MR) is 58.0 cm³/mol. The molecule has 84 valence electrons. The topological polar surface area (TPSA) is 22.0 Å². The molecule has 0 fully saturated rings. The van der Waals surface area contributed by atoms with Crippen LogP contribution in [0.25, 0.3) is 10.9 Å². The summed E-state index contributed by atoms with van der Waals surface area (Å²) < 4.78 is 27.1. The molecule has 16 heavy (non-hydrogen) atoms. The van der Waals surface area contributed by atoms with Crippen LogP contribution in [0.15, 0.2) is 30.5 Å². The van der Waals surface area contributed by atoms with Crippen molar-refractivity contribution >= 4 is 28.3 Å². The third-order valence-electron chi connectivity index (χ3n) is 2.40. The molecule has 2 aromatic rings. The molecule has 0 aliphatic heterocycles. The van der Waals surface area contributed by atoms with Crippen LogP contribution in [0.2, 0.25) is 0 Å². The lowest BCUT2D eigenvalue weighted by atomic mass is 10.1. The Balaban J connectivity index is 2.67. The van der Waals surface area contributed by atoms with E-state index in [1.54, 1.807) is 35.9 Å². The lowest BCUT2D eigenvalue weighted by Crippen LogP contribution is -2.21. The quantitative estimate of drug-likeness (QED) is 0.587. The minimum atomic E-state index is -3.86. The molecule has 0 atom stereocenters. The number of benzene rings is 1. The minimum Gasteiger partial charge on any atom is -0.350 e. The molecule has 0 N–H and O–H groups in total. The largest absolute Gasteiger partial charge is 0.385 e. The molecule has 0 spiro atoms. The number of nitrogens with zero attached hydrogens (tertiary/aromatic N) is 1. The fourth-order valence-corrected chi connectivity index (χ4v) is 1.78. The molecule has 0 saturated carbocycles. The van der Waals surface area contributed by atoms with Gasteiger partial charge in [0.05, 0.1) is 5.56 Å². The summed E-state index contributed by atoms with van der Waals surface area (Å²) in [5.41, 5.74) is 0.657. The summed E-state index contributed by atoms with van der Waals surface area (Å²) in [6.45, 7) is 0. The van der Waals surface area contributed by atoms with Crippen LogP contribution < -0.4 is 0 Å². The Kier molecular flexibility index (Phi) is 2.46. The highest BCUT2D eigenvalue weighted by Gasteiger charge is 2.38. The number of aryl methyl sites for hydroxylation is 1. The lowest BCUT2D eigenvalue weighted by Gasteiger charge is -2.04. The molecule has 1 aromatic heterocycles. The number of aromatic nitrogens is 1. The molecule has 0 amide bonds. The maximum absolute atomic E-state index is 12.7. The summed E-state index contributed by atoms with van der Waals surface area (Å²) in [6, 6.07) is 6.82. The van der Waals surface area contributed by atoms with Gasteiger partial charge in [-0.3, -0.25) is 4.79 Å². The van der Waals surface area contributed by atoms with E-state index in [1.807, 2.05) is 0 Å². The number of Topliss-reactive ketones (excluding diaryl/α,β-unsaturated/α-hetero) is 1. The average Bonchev–Trinajstić information content (AvgIpc) is 2.55. The third-order valence-corrected chi connectivity index (χ3v) is 2.57. The number of hydrogen-bond acceptors (Lipinski definition) is 1.